The first kappa shape index (κ1) is 21.2. The lowest BCUT2D eigenvalue weighted by Crippen LogP contribution is -2.05. The van der Waals surface area contributed by atoms with E-state index in [1.54, 1.807) is 12.1 Å². The Morgan fingerprint density at radius 1 is 1.00 bits per heavy atom. The number of aromatic nitrogens is 5. The SMILES string of the molecule is Fc1cccc2oc(Cc3cc(-c4ccccc4-c4nn[nH]n4)cc4c3OCCCC4C3CC3)nc12. The van der Waals surface area contributed by atoms with Crippen LogP contribution in [0.5, 0.6) is 5.75 Å². The molecule has 7 nitrogen and oxygen atoms in total. The molecule has 0 saturated heterocycles. The van der Waals surface area contributed by atoms with Crippen LogP contribution in [0, 0.1) is 11.7 Å². The van der Waals surface area contributed by atoms with Gasteiger partial charge in [0, 0.05) is 11.1 Å². The minimum atomic E-state index is -0.380. The van der Waals surface area contributed by atoms with Gasteiger partial charge >= 0.3 is 0 Å². The van der Waals surface area contributed by atoms with Crippen molar-refractivity contribution >= 4 is 11.1 Å². The van der Waals surface area contributed by atoms with E-state index >= 15 is 0 Å². The number of benzene rings is 3. The smallest absolute Gasteiger partial charge is 0.205 e. The van der Waals surface area contributed by atoms with Crippen LogP contribution in [-0.4, -0.2) is 32.2 Å². The first-order valence-corrected chi connectivity index (χ1v) is 12.4. The van der Waals surface area contributed by atoms with Gasteiger partial charge in [0.25, 0.3) is 0 Å². The quantitative estimate of drug-likeness (QED) is 0.328. The summed E-state index contributed by atoms with van der Waals surface area (Å²) in [7, 11) is 0. The lowest BCUT2D eigenvalue weighted by molar-refractivity contribution is 0.312. The number of nitrogens with one attached hydrogen (secondary N) is 1. The van der Waals surface area contributed by atoms with Gasteiger partial charge in [0.15, 0.2) is 17.3 Å². The first-order valence-electron chi connectivity index (χ1n) is 12.4. The molecule has 0 radical (unpaired) electrons. The molecule has 180 valence electrons. The van der Waals surface area contributed by atoms with Gasteiger partial charge in [-0.05, 0) is 83.7 Å². The predicted octanol–water partition coefficient (Wildman–Crippen LogP) is 6.07. The molecule has 0 spiro atoms. The zero-order valence-electron chi connectivity index (χ0n) is 19.6. The fourth-order valence-corrected chi connectivity index (χ4v) is 5.48. The number of ether oxygens (including phenoxy) is 1. The number of rotatable bonds is 5. The number of halogens is 1. The molecule has 5 aromatic rings. The summed E-state index contributed by atoms with van der Waals surface area (Å²) in [5, 5.41) is 14.7. The number of hydrogen-bond acceptors (Lipinski definition) is 6. The van der Waals surface area contributed by atoms with E-state index in [1.165, 1.54) is 24.5 Å². The van der Waals surface area contributed by atoms with E-state index in [4.69, 9.17) is 9.15 Å². The van der Waals surface area contributed by atoms with E-state index in [9.17, 15) is 4.39 Å². The van der Waals surface area contributed by atoms with Crippen molar-refractivity contribution in [3.63, 3.8) is 0 Å². The minimum Gasteiger partial charge on any atom is -0.493 e. The Bertz CT molecular complexity index is 1560. The zero-order valence-corrected chi connectivity index (χ0v) is 19.6. The van der Waals surface area contributed by atoms with E-state index < -0.39 is 0 Å². The van der Waals surface area contributed by atoms with Crippen LogP contribution < -0.4 is 4.74 Å². The molecule has 7 rings (SSSR count). The van der Waals surface area contributed by atoms with Gasteiger partial charge in [0.1, 0.15) is 11.3 Å². The molecular formula is C28H24FN5O2. The second-order valence-corrected chi connectivity index (χ2v) is 9.64. The molecule has 8 heteroatoms. The second kappa shape index (κ2) is 8.55. The standard InChI is InChI=1S/C28H24FN5O2/c29-23-8-3-9-24-26(23)30-25(36-24)15-18-13-17(20-5-1-2-6-21(20)28-31-33-34-32-28)14-22-19(16-10-11-16)7-4-12-35-27(18)22/h1-3,5-6,8-9,13-14,16,19H,4,7,10-12,15H2,(H,31,32,33,34). The summed E-state index contributed by atoms with van der Waals surface area (Å²) in [6.07, 6.45) is 5.06. The Morgan fingerprint density at radius 2 is 1.89 bits per heavy atom. The highest BCUT2D eigenvalue weighted by Crippen LogP contribution is 2.51. The van der Waals surface area contributed by atoms with Crippen molar-refractivity contribution in [1.29, 1.82) is 0 Å². The van der Waals surface area contributed by atoms with Gasteiger partial charge in [0.2, 0.25) is 5.82 Å². The van der Waals surface area contributed by atoms with Crippen molar-refractivity contribution in [2.24, 2.45) is 5.92 Å². The van der Waals surface area contributed by atoms with Crippen LogP contribution in [0.15, 0.2) is 59.0 Å². The first-order chi connectivity index (χ1) is 17.7. The van der Waals surface area contributed by atoms with E-state index in [1.807, 2.05) is 18.2 Å². The van der Waals surface area contributed by atoms with Crippen LogP contribution in [0.2, 0.25) is 0 Å². The maximum atomic E-state index is 14.3. The normalized spacial score (nSPS) is 17.5. The topological polar surface area (TPSA) is 89.7 Å². The van der Waals surface area contributed by atoms with Crippen LogP contribution in [-0.2, 0) is 6.42 Å². The summed E-state index contributed by atoms with van der Waals surface area (Å²) in [5.41, 5.74) is 5.92. The van der Waals surface area contributed by atoms with Crippen LogP contribution in [0.1, 0.15) is 48.6 Å². The Labute approximate surface area is 206 Å². The molecule has 1 fully saturated rings. The second-order valence-electron chi connectivity index (χ2n) is 9.64. The molecule has 2 aromatic heterocycles. The van der Waals surface area contributed by atoms with Crippen molar-refractivity contribution in [2.75, 3.05) is 6.61 Å². The average Bonchev–Trinajstić information content (AvgIpc) is 3.48. The highest BCUT2D eigenvalue weighted by molar-refractivity contribution is 5.82. The maximum Gasteiger partial charge on any atom is 0.205 e. The summed E-state index contributed by atoms with van der Waals surface area (Å²) < 4.78 is 26.6. The number of fused-ring (bicyclic) bond motifs is 2. The van der Waals surface area contributed by atoms with Gasteiger partial charge in [-0.25, -0.2) is 9.37 Å². The Balaban J connectivity index is 1.40. The molecule has 1 saturated carbocycles. The van der Waals surface area contributed by atoms with Gasteiger partial charge < -0.3 is 9.15 Å². The van der Waals surface area contributed by atoms with Gasteiger partial charge in [-0.1, -0.05) is 30.3 Å². The summed E-state index contributed by atoms with van der Waals surface area (Å²) in [6, 6.07) is 17.3. The monoisotopic (exact) mass is 481 g/mol. The van der Waals surface area contributed by atoms with Crippen molar-refractivity contribution < 1.29 is 13.5 Å². The number of nitrogens with zero attached hydrogens (tertiary/aromatic N) is 4. The fourth-order valence-electron chi connectivity index (χ4n) is 5.48. The fraction of sp³-hybridized carbons (Fsp3) is 0.286. The van der Waals surface area contributed by atoms with Gasteiger partial charge in [-0.3, -0.25) is 0 Å². The molecule has 2 aliphatic rings. The van der Waals surface area contributed by atoms with Gasteiger partial charge in [-0.2, -0.15) is 5.21 Å². The number of oxazole rings is 1. The molecule has 0 amide bonds. The molecule has 3 heterocycles. The molecule has 36 heavy (non-hydrogen) atoms. The Kier molecular flexibility index (Phi) is 5.04. The lowest BCUT2D eigenvalue weighted by Gasteiger charge is -2.21. The predicted molar refractivity (Wildman–Crippen MR) is 132 cm³/mol. The van der Waals surface area contributed by atoms with Crippen LogP contribution in [0.25, 0.3) is 33.6 Å². The van der Waals surface area contributed by atoms with E-state index in [0.717, 1.165) is 40.8 Å². The molecule has 1 N–H and O–H groups in total. The summed E-state index contributed by atoms with van der Waals surface area (Å²) in [5.74, 6) is 2.71. The number of hydrogen-bond donors (Lipinski definition) is 1. The molecule has 0 bridgehead atoms. The maximum absolute atomic E-state index is 14.3. The lowest BCUT2D eigenvalue weighted by atomic mass is 9.85. The third-order valence-electron chi connectivity index (χ3n) is 7.27. The third-order valence-corrected chi connectivity index (χ3v) is 7.27. The number of para-hydroxylation sites is 1. The van der Waals surface area contributed by atoms with Crippen LogP contribution >= 0.6 is 0 Å². The summed E-state index contributed by atoms with van der Waals surface area (Å²) >= 11 is 0. The Hall–Kier alpha value is -4.07. The molecule has 1 aliphatic heterocycles. The molecule has 3 aromatic carbocycles. The summed E-state index contributed by atoms with van der Waals surface area (Å²) in [4.78, 5) is 4.48. The third kappa shape index (κ3) is 3.73. The highest BCUT2D eigenvalue weighted by atomic mass is 19.1. The van der Waals surface area contributed by atoms with Crippen LogP contribution in [0.4, 0.5) is 4.39 Å². The van der Waals surface area contributed by atoms with E-state index in [0.29, 0.717) is 42.2 Å². The number of aromatic amines is 1. The molecule has 1 unspecified atom stereocenters. The summed E-state index contributed by atoms with van der Waals surface area (Å²) in [6.45, 7) is 0.685. The highest BCUT2D eigenvalue weighted by Gasteiger charge is 2.36. The largest absolute Gasteiger partial charge is 0.493 e. The minimum absolute atomic E-state index is 0.258. The van der Waals surface area contributed by atoms with Crippen molar-refractivity contribution in [2.45, 2.75) is 38.0 Å². The Morgan fingerprint density at radius 3 is 2.69 bits per heavy atom. The van der Waals surface area contributed by atoms with Gasteiger partial charge in [0.05, 0.1) is 13.0 Å². The average molecular weight is 482 g/mol. The van der Waals surface area contributed by atoms with E-state index in [-0.39, 0.29) is 11.3 Å². The van der Waals surface area contributed by atoms with E-state index in [2.05, 4.69) is 43.8 Å². The van der Waals surface area contributed by atoms with Crippen molar-refractivity contribution in [3.8, 4) is 28.3 Å². The van der Waals surface area contributed by atoms with Crippen molar-refractivity contribution in [3.05, 3.63) is 77.4 Å². The molecule has 1 atom stereocenters. The van der Waals surface area contributed by atoms with Gasteiger partial charge in [-0.15, -0.1) is 10.2 Å². The van der Waals surface area contributed by atoms with Crippen LogP contribution in [0.3, 0.4) is 0 Å². The molecular weight excluding hydrogens is 457 g/mol. The van der Waals surface area contributed by atoms with Crippen molar-refractivity contribution in [1.82, 2.24) is 25.6 Å². The number of H-pyrrole nitrogens is 1. The number of tetrazole rings is 1. The zero-order chi connectivity index (χ0) is 24.1. The molecule has 1 aliphatic carbocycles.